The minimum atomic E-state index is 0.123. The SMILES string of the molecule is CCN(Cc1ccc(CC(C)(C)NC)cc1)c1cccc(OC)c1.Oc1ccc2c(c1)CCCC2. The maximum atomic E-state index is 9.19. The average molecular weight is 475 g/mol. The van der Waals surface area contributed by atoms with Gasteiger partial charge in [-0.3, -0.25) is 0 Å². The van der Waals surface area contributed by atoms with Crippen molar-refractivity contribution < 1.29 is 9.84 Å². The number of phenolic OH excluding ortho intramolecular Hbond substituents is 1. The number of methoxy groups -OCH3 is 1. The van der Waals surface area contributed by atoms with E-state index in [1.54, 1.807) is 13.2 Å². The summed E-state index contributed by atoms with van der Waals surface area (Å²) in [6.07, 6.45) is 5.94. The summed E-state index contributed by atoms with van der Waals surface area (Å²) in [6, 6.07) is 22.9. The summed E-state index contributed by atoms with van der Waals surface area (Å²) in [5.41, 5.74) is 6.77. The fraction of sp³-hybridized carbons (Fsp3) is 0.419. The van der Waals surface area contributed by atoms with Gasteiger partial charge in [-0.15, -0.1) is 0 Å². The first-order valence-corrected chi connectivity index (χ1v) is 12.8. The van der Waals surface area contributed by atoms with Gasteiger partial charge in [-0.05, 0) is 106 Å². The number of nitrogens with zero attached hydrogens (tertiary/aromatic N) is 1. The molecule has 188 valence electrons. The average Bonchev–Trinajstić information content (AvgIpc) is 2.88. The standard InChI is InChI=1S/C21H30N2O.C10H12O/c1-6-23(19-8-7-9-20(14-19)24-5)16-18-12-10-17(11-13-18)15-21(2,3)22-4;11-10-6-5-8-3-1-2-4-9(8)7-10/h7-14,22H,6,15-16H2,1-5H3;5-7,11H,1-4H2. The molecular weight excluding hydrogens is 432 g/mol. The van der Waals surface area contributed by atoms with Crippen molar-refractivity contribution in [1.29, 1.82) is 0 Å². The van der Waals surface area contributed by atoms with Crippen molar-refractivity contribution in [3.8, 4) is 11.5 Å². The van der Waals surface area contributed by atoms with E-state index < -0.39 is 0 Å². The number of nitrogens with one attached hydrogen (secondary N) is 1. The molecule has 35 heavy (non-hydrogen) atoms. The van der Waals surface area contributed by atoms with Crippen LogP contribution >= 0.6 is 0 Å². The fourth-order valence-corrected chi connectivity index (χ4v) is 4.49. The van der Waals surface area contributed by atoms with E-state index in [2.05, 4.69) is 67.4 Å². The van der Waals surface area contributed by atoms with E-state index in [-0.39, 0.29) is 5.54 Å². The second-order valence-corrected chi connectivity index (χ2v) is 10.0. The van der Waals surface area contributed by atoms with Gasteiger partial charge in [0.2, 0.25) is 0 Å². The van der Waals surface area contributed by atoms with Crippen LogP contribution < -0.4 is 15.0 Å². The lowest BCUT2D eigenvalue weighted by Crippen LogP contribution is -2.38. The van der Waals surface area contributed by atoms with Crippen molar-refractivity contribution in [3.63, 3.8) is 0 Å². The number of fused-ring (bicyclic) bond motifs is 1. The van der Waals surface area contributed by atoms with Crippen LogP contribution in [0.4, 0.5) is 5.69 Å². The van der Waals surface area contributed by atoms with Crippen LogP contribution in [-0.4, -0.2) is 31.3 Å². The van der Waals surface area contributed by atoms with Crippen molar-refractivity contribution in [2.75, 3.05) is 25.6 Å². The second-order valence-electron chi connectivity index (χ2n) is 10.0. The summed E-state index contributed by atoms with van der Waals surface area (Å²) in [7, 11) is 3.72. The number of hydrogen-bond acceptors (Lipinski definition) is 4. The summed E-state index contributed by atoms with van der Waals surface area (Å²) < 4.78 is 5.34. The predicted molar refractivity (Wildman–Crippen MR) is 148 cm³/mol. The van der Waals surface area contributed by atoms with Crippen molar-refractivity contribution >= 4 is 5.69 Å². The molecule has 0 unspecified atom stereocenters. The molecule has 4 rings (SSSR count). The van der Waals surface area contributed by atoms with Gasteiger partial charge < -0.3 is 20.1 Å². The van der Waals surface area contributed by atoms with E-state index in [4.69, 9.17) is 4.74 Å². The van der Waals surface area contributed by atoms with Crippen molar-refractivity contribution in [2.45, 2.75) is 65.0 Å². The molecule has 0 aliphatic heterocycles. The van der Waals surface area contributed by atoms with Gasteiger partial charge in [0.25, 0.3) is 0 Å². The molecule has 1 aliphatic rings. The molecular formula is C31H42N2O2. The number of aromatic hydroxyl groups is 1. The smallest absolute Gasteiger partial charge is 0.120 e. The van der Waals surface area contributed by atoms with Crippen LogP contribution in [0.5, 0.6) is 11.5 Å². The Morgan fingerprint density at radius 1 is 0.914 bits per heavy atom. The van der Waals surface area contributed by atoms with Gasteiger partial charge in [0.05, 0.1) is 7.11 Å². The van der Waals surface area contributed by atoms with E-state index >= 15 is 0 Å². The van der Waals surface area contributed by atoms with E-state index in [9.17, 15) is 5.11 Å². The number of phenols is 1. The Balaban J connectivity index is 0.000000256. The van der Waals surface area contributed by atoms with Crippen LogP contribution in [0.2, 0.25) is 0 Å². The molecule has 1 aliphatic carbocycles. The Morgan fingerprint density at radius 2 is 1.60 bits per heavy atom. The zero-order valence-corrected chi connectivity index (χ0v) is 22.1. The van der Waals surface area contributed by atoms with Crippen LogP contribution in [0.1, 0.15) is 55.9 Å². The largest absolute Gasteiger partial charge is 0.508 e. The molecule has 0 atom stereocenters. The fourth-order valence-electron chi connectivity index (χ4n) is 4.49. The molecule has 2 N–H and O–H groups in total. The topological polar surface area (TPSA) is 44.7 Å². The Morgan fingerprint density at radius 3 is 2.26 bits per heavy atom. The molecule has 4 nitrogen and oxygen atoms in total. The zero-order chi connectivity index (χ0) is 25.3. The molecule has 0 spiro atoms. The first-order valence-electron chi connectivity index (χ1n) is 12.8. The molecule has 0 bridgehead atoms. The molecule has 0 fully saturated rings. The first kappa shape index (κ1) is 26.6. The number of anilines is 1. The first-order chi connectivity index (χ1) is 16.8. The van der Waals surface area contributed by atoms with Crippen LogP contribution in [-0.2, 0) is 25.8 Å². The lowest BCUT2D eigenvalue weighted by molar-refractivity contribution is 0.415. The highest BCUT2D eigenvalue weighted by Crippen LogP contribution is 2.25. The van der Waals surface area contributed by atoms with Crippen LogP contribution in [0, 0.1) is 0 Å². The lowest BCUT2D eigenvalue weighted by atomic mass is 9.92. The van der Waals surface area contributed by atoms with Crippen LogP contribution in [0.15, 0.2) is 66.7 Å². The number of rotatable bonds is 8. The third-order valence-electron chi connectivity index (χ3n) is 6.85. The number of aryl methyl sites for hydroxylation is 2. The third-order valence-corrected chi connectivity index (χ3v) is 6.85. The third kappa shape index (κ3) is 8.03. The zero-order valence-electron chi connectivity index (χ0n) is 22.1. The Kier molecular flexibility index (Phi) is 9.62. The Hall–Kier alpha value is -2.98. The highest BCUT2D eigenvalue weighted by Gasteiger charge is 2.15. The molecule has 4 heteroatoms. The maximum Gasteiger partial charge on any atom is 0.120 e. The van der Waals surface area contributed by atoms with Gasteiger partial charge in [-0.1, -0.05) is 36.4 Å². The molecule has 3 aromatic rings. The summed E-state index contributed by atoms with van der Waals surface area (Å²) in [4.78, 5) is 2.36. The highest BCUT2D eigenvalue weighted by atomic mass is 16.5. The second kappa shape index (κ2) is 12.6. The molecule has 3 aromatic carbocycles. The Labute approximate surface area is 212 Å². The quantitative estimate of drug-likeness (QED) is 0.389. The lowest BCUT2D eigenvalue weighted by Gasteiger charge is -2.25. The van der Waals surface area contributed by atoms with E-state index in [0.717, 1.165) is 31.7 Å². The van der Waals surface area contributed by atoms with Crippen molar-refractivity contribution in [3.05, 3.63) is 89.0 Å². The monoisotopic (exact) mass is 474 g/mol. The number of benzene rings is 3. The minimum Gasteiger partial charge on any atom is -0.508 e. The van der Waals surface area contributed by atoms with Gasteiger partial charge in [-0.2, -0.15) is 0 Å². The predicted octanol–water partition coefficient (Wildman–Crippen LogP) is 6.53. The van der Waals surface area contributed by atoms with Crippen LogP contribution in [0.25, 0.3) is 0 Å². The summed E-state index contributed by atoms with van der Waals surface area (Å²) in [5, 5.41) is 12.5. The molecule has 0 saturated heterocycles. The number of hydrogen-bond donors (Lipinski definition) is 2. The van der Waals surface area contributed by atoms with Gasteiger partial charge in [0, 0.05) is 30.4 Å². The minimum absolute atomic E-state index is 0.123. The van der Waals surface area contributed by atoms with Crippen molar-refractivity contribution in [2.24, 2.45) is 0 Å². The molecule has 0 heterocycles. The number of likely N-dealkylation sites (N-methyl/N-ethyl adjacent to an activating group) is 1. The van der Waals surface area contributed by atoms with Gasteiger partial charge in [0.1, 0.15) is 11.5 Å². The van der Waals surface area contributed by atoms with Gasteiger partial charge in [0.15, 0.2) is 0 Å². The number of ether oxygens (including phenoxy) is 1. The van der Waals surface area contributed by atoms with Crippen molar-refractivity contribution in [1.82, 2.24) is 5.32 Å². The Bertz CT molecular complexity index is 1060. The van der Waals surface area contributed by atoms with E-state index in [0.29, 0.717) is 5.75 Å². The van der Waals surface area contributed by atoms with Gasteiger partial charge in [-0.25, -0.2) is 0 Å². The molecule has 0 amide bonds. The summed E-state index contributed by atoms with van der Waals surface area (Å²) in [6.45, 7) is 8.50. The van der Waals surface area contributed by atoms with E-state index in [1.807, 2.05) is 31.3 Å². The normalized spacial score (nSPS) is 12.8. The summed E-state index contributed by atoms with van der Waals surface area (Å²) in [5.74, 6) is 1.31. The highest BCUT2D eigenvalue weighted by molar-refractivity contribution is 5.51. The summed E-state index contributed by atoms with van der Waals surface area (Å²) >= 11 is 0. The molecule has 0 saturated carbocycles. The maximum absolute atomic E-state index is 9.19. The van der Waals surface area contributed by atoms with Gasteiger partial charge >= 0.3 is 0 Å². The molecule has 0 aromatic heterocycles. The molecule has 0 radical (unpaired) electrons. The van der Waals surface area contributed by atoms with Crippen LogP contribution in [0.3, 0.4) is 0 Å². The van der Waals surface area contributed by atoms with E-state index in [1.165, 1.54) is 47.2 Å².